The maximum absolute atomic E-state index is 13.3. The zero-order chi connectivity index (χ0) is 23.9. The minimum atomic E-state index is -3.53. The van der Waals surface area contributed by atoms with E-state index in [1.54, 1.807) is 28.9 Å². The van der Waals surface area contributed by atoms with Gasteiger partial charge in [-0.05, 0) is 50.8 Å². The molecule has 176 valence electrons. The molecule has 4 rings (SSSR count). The number of carbonyl (C=O) groups excluding carboxylic acids is 1. The van der Waals surface area contributed by atoms with E-state index in [9.17, 15) is 13.2 Å². The van der Waals surface area contributed by atoms with Gasteiger partial charge in [0.05, 0.1) is 21.5 Å². The lowest BCUT2D eigenvalue weighted by Crippen LogP contribution is -2.46. The summed E-state index contributed by atoms with van der Waals surface area (Å²) in [7, 11) is -1.70. The molecule has 1 aromatic carbocycles. The number of hydrogen-bond donors (Lipinski definition) is 1. The number of fused-ring (bicyclic) bond motifs is 1. The van der Waals surface area contributed by atoms with Crippen LogP contribution in [0.1, 0.15) is 59.9 Å². The van der Waals surface area contributed by atoms with Gasteiger partial charge in [-0.2, -0.15) is 9.40 Å². The van der Waals surface area contributed by atoms with Gasteiger partial charge >= 0.3 is 0 Å². The summed E-state index contributed by atoms with van der Waals surface area (Å²) in [4.78, 5) is 18.3. The number of pyridine rings is 1. The van der Waals surface area contributed by atoms with Crippen molar-refractivity contribution in [2.24, 2.45) is 7.05 Å². The SMILES string of the molecule is Cc1ccc(S(=O)(=O)N2CCC(NC(=O)c3cc(C(C)C)nc4c3c(C)nn4C)CC2)cc1. The summed E-state index contributed by atoms with van der Waals surface area (Å²) in [5.41, 5.74) is 3.89. The van der Waals surface area contributed by atoms with Crippen molar-refractivity contribution < 1.29 is 13.2 Å². The van der Waals surface area contributed by atoms with Crippen LogP contribution in [0.15, 0.2) is 35.2 Å². The van der Waals surface area contributed by atoms with Crippen molar-refractivity contribution in [3.63, 3.8) is 0 Å². The van der Waals surface area contributed by atoms with Crippen molar-refractivity contribution in [1.29, 1.82) is 0 Å². The molecule has 0 radical (unpaired) electrons. The molecule has 0 atom stereocenters. The van der Waals surface area contributed by atoms with Crippen molar-refractivity contribution in [3.8, 4) is 0 Å². The molecular formula is C24H31N5O3S. The lowest BCUT2D eigenvalue weighted by molar-refractivity contribution is 0.0925. The van der Waals surface area contributed by atoms with Crippen molar-refractivity contribution in [2.45, 2.75) is 57.4 Å². The first-order chi connectivity index (χ1) is 15.6. The van der Waals surface area contributed by atoms with Gasteiger partial charge in [-0.25, -0.2) is 13.4 Å². The summed E-state index contributed by atoms with van der Waals surface area (Å²) in [6.07, 6.45) is 1.13. The van der Waals surface area contributed by atoms with E-state index in [-0.39, 0.29) is 17.9 Å². The largest absolute Gasteiger partial charge is 0.349 e. The number of rotatable bonds is 5. The van der Waals surface area contributed by atoms with E-state index >= 15 is 0 Å². The molecule has 1 saturated heterocycles. The van der Waals surface area contributed by atoms with Crippen LogP contribution in [0.3, 0.4) is 0 Å². The third-order valence-electron chi connectivity index (χ3n) is 6.27. The van der Waals surface area contributed by atoms with Gasteiger partial charge in [-0.1, -0.05) is 31.5 Å². The quantitative estimate of drug-likeness (QED) is 0.618. The fourth-order valence-corrected chi connectivity index (χ4v) is 5.77. The zero-order valence-electron chi connectivity index (χ0n) is 19.8. The van der Waals surface area contributed by atoms with Crippen molar-refractivity contribution >= 4 is 27.0 Å². The summed E-state index contributed by atoms with van der Waals surface area (Å²) in [6, 6.07) is 8.67. The van der Waals surface area contributed by atoms with E-state index in [1.807, 2.05) is 40.8 Å². The van der Waals surface area contributed by atoms with Crippen LogP contribution in [0.2, 0.25) is 0 Å². The van der Waals surface area contributed by atoms with Crippen LogP contribution < -0.4 is 5.32 Å². The van der Waals surface area contributed by atoms with Gasteiger partial charge in [0.15, 0.2) is 5.65 Å². The van der Waals surface area contributed by atoms with Gasteiger partial charge in [0, 0.05) is 31.9 Å². The summed E-state index contributed by atoms with van der Waals surface area (Å²) < 4.78 is 29.1. The smallest absolute Gasteiger partial charge is 0.252 e. The second-order valence-corrected chi connectivity index (χ2v) is 11.1. The number of nitrogens with one attached hydrogen (secondary N) is 1. The van der Waals surface area contributed by atoms with Crippen LogP contribution in [0.5, 0.6) is 0 Å². The molecule has 0 aliphatic carbocycles. The van der Waals surface area contributed by atoms with E-state index < -0.39 is 10.0 Å². The highest BCUT2D eigenvalue weighted by atomic mass is 32.2. The molecule has 33 heavy (non-hydrogen) atoms. The predicted octanol–water partition coefficient (Wildman–Crippen LogP) is 3.29. The highest BCUT2D eigenvalue weighted by molar-refractivity contribution is 7.89. The Hall–Kier alpha value is -2.78. The average molecular weight is 470 g/mol. The van der Waals surface area contributed by atoms with Gasteiger partial charge < -0.3 is 5.32 Å². The van der Waals surface area contributed by atoms with Gasteiger partial charge in [-0.3, -0.25) is 9.48 Å². The molecule has 0 bridgehead atoms. The number of aromatic nitrogens is 3. The van der Waals surface area contributed by atoms with Crippen LogP contribution in [0.4, 0.5) is 0 Å². The maximum Gasteiger partial charge on any atom is 0.252 e. The minimum absolute atomic E-state index is 0.0929. The number of piperidine rings is 1. The van der Waals surface area contributed by atoms with Gasteiger partial charge in [0.2, 0.25) is 10.0 Å². The molecular weight excluding hydrogens is 438 g/mol. The molecule has 1 N–H and O–H groups in total. The van der Waals surface area contributed by atoms with Crippen molar-refractivity contribution in [3.05, 3.63) is 52.8 Å². The minimum Gasteiger partial charge on any atom is -0.349 e. The van der Waals surface area contributed by atoms with Crippen LogP contribution in [0, 0.1) is 13.8 Å². The first kappa shape index (κ1) is 23.4. The predicted molar refractivity (Wildman–Crippen MR) is 128 cm³/mol. The van der Waals surface area contributed by atoms with Crippen LogP contribution >= 0.6 is 0 Å². The fraction of sp³-hybridized carbons (Fsp3) is 0.458. The zero-order valence-corrected chi connectivity index (χ0v) is 20.6. The van der Waals surface area contributed by atoms with E-state index in [1.165, 1.54) is 4.31 Å². The maximum atomic E-state index is 13.3. The Morgan fingerprint density at radius 1 is 1.12 bits per heavy atom. The van der Waals surface area contributed by atoms with E-state index in [4.69, 9.17) is 4.98 Å². The number of aryl methyl sites for hydroxylation is 3. The summed E-state index contributed by atoms with van der Waals surface area (Å²) in [5, 5.41) is 8.34. The van der Waals surface area contributed by atoms with Crippen molar-refractivity contribution in [2.75, 3.05) is 13.1 Å². The molecule has 2 aromatic heterocycles. The van der Waals surface area contributed by atoms with E-state index in [0.29, 0.717) is 42.0 Å². The molecule has 0 unspecified atom stereocenters. The summed E-state index contributed by atoms with van der Waals surface area (Å²) >= 11 is 0. The van der Waals surface area contributed by atoms with Crippen LogP contribution in [-0.2, 0) is 17.1 Å². The molecule has 8 nitrogen and oxygen atoms in total. The normalized spacial score (nSPS) is 15.9. The molecule has 1 aliphatic heterocycles. The third kappa shape index (κ3) is 4.52. The number of amides is 1. The second kappa shape index (κ2) is 8.87. The Morgan fingerprint density at radius 2 is 1.76 bits per heavy atom. The standard InChI is InChI=1S/C24H31N5O3S/c1-15(2)21-14-20(22-17(4)27-28(5)23(22)26-21)24(30)25-18-10-12-29(13-11-18)33(31,32)19-8-6-16(3)7-9-19/h6-9,14-15,18H,10-13H2,1-5H3,(H,25,30). The number of nitrogens with zero attached hydrogens (tertiary/aromatic N) is 4. The Balaban J connectivity index is 1.50. The Labute approximate surface area is 195 Å². The molecule has 9 heteroatoms. The van der Waals surface area contributed by atoms with Crippen LogP contribution in [0.25, 0.3) is 11.0 Å². The Bertz CT molecular complexity index is 1290. The third-order valence-corrected chi connectivity index (χ3v) is 8.19. The number of hydrogen-bond acceptors (Lipinski definition) is 5. The molecule has 1 fully saturated rings. The number of sulfonamides is 1. The summed E-state index contributed by atoms with van der Waals surface area (Å²) in [6.45, 7) is 8.64. The lowest BCUT2D eigenvalue weighted by Gasteiger charge is -2.31. The second-order valence-electron chi connectivity index (χ2n) is 9.12. The highest BCUT2D eigenvalue weighted by Crippen LogP contribution is 2.26. The van der Waals surface area contributed by atoms with E-state index in [2.05, 4.69) is 10.4 Å². The molecule has 0 saturated carbocycles. The Morgan fingerprint density at radius 3 is 2.36 bits per heavy atom. The molecule has 3 aromatic rings. The van der Waals surface area contributed by atoms with Gasteiger partial charge in [-0.15, -0.1) is 0 Å². The number of benzene rings is 1. The molecule has 3 heterocycles. The van der Waals surface area contributed by atoms with Gasteiger partial charge in [0.25, 0.3) is 5.91 Å². The Kier molecular flexibility index (Phi) is 6.28. The average Bonchev–Trinajstić information content (AvgIpc) is 3.07. The summed E-state index contributed by atoms with van der Waals surface area (Å²) in [5.74, 6) is 0.00613. The van der Waals surface area contributed by atoms with E-state index in [0.717, 1.165) is 22.3 Å². The van der Waals surface area contributed by atoms with Gasteiger partial charge in [0.1, 0.15) is 0 Å². The van der Waals surface area contributed by atoms with Crippen molar-refractivity contribution in [1.82, 2.24) is 24.4 Å². The first-order valence-corrected chi connectivity index (χ1v) is 12.7. The number of carbonyl (C=O) groups is 1. The topological polar surface area (TPSA) is 97.2 Å². The first-order valence-electron chi connectivity index (χ1n) is 11.3. The molecule has 0 spiro atoms. The highest BCUT2D eigenvalue weighted by Gasteiger charge is 2.30. The molecule has 1 amide bonds. The van der Waals surface area contributed by atoms with Crippen LogP contribution in [-0.4, -0.2) is 52.5 Å². The fourth-order valence-electron chi connectivity index (χ4n) is 4.30. The molecule has 1 aliphatic rings. The monoisotopic (exact) mass is 469 g/mol. The lowest BCUT2D eigenvalue weighted by atomic mass is 10.0.